The van der Waals surface area contributed by atoms with Crippen LogP contribution in [0.15, 0.2) is 216 Å². The Bertz CT molecular complexity index is 4040. The predicted octanol–water partition coefficient (Wildman–Crippen LogP) is 15.4. The molecule has 1 unspecified atom stereocenters. The monoisotopic (exact) mass is 846 g/mol. The predicted molar refractivity (Wildman–Crippen MR) is 274 cm³/mol. The summed E-state index contributed by atoms with van der Waals surface area (Å²) in [6.07, 6.45) is 2.00. The van der Waals surface area contributed by atoms with Gasteiger partial charge in [-0.05, 0) is 100 Å². The molecule has 3 aromatic heterocycles. The Balaban J connectivity index is 0.998. The van der Waals surface area contributed by atoms with E-state index in [1.807, 2.05) is 12.1 Å². The van der Waals surface area contributed by atoms with Gasteiger partial charge in [-0.2, -0.15) is 0 Å². The number of furan rings is 1. The minimum Gasteiger partial charge on any atom is -0.456 e. The van der Waals surface area contributed by atoms with Crippen molar-refractivity contribution >= 4 is 77.1 Å². The van der Waals surface area contributed by atoms with Crippen molar-refractivity contribution in [2.24, 2.45) is 4.99 Å². The van der Waals surface area contributed by atoms with Crippen molar-refractivity contribution in [3.8, 4) is 27.9 Å². The first-order valence-corrected chi connectivity index (χ1v) is 22.8. The van der Waals surface area contributed by atoms with Gasteiger partial charge in [-0.25, -0.2) is 4.99 Å². The van der Waals surface area contributed by atoms with Gasteiger partial charge in [-0.1, -0.05) is 147 Å². The molecule has 0 spiro atoms. The fourth-order valence-electron chi connectivity index (χ4n) is 11.2. The maximum Gasteiger partial charge on any atom is 0.137 e. The number of aromatic nitrogens is 2. The average Bonchev–Trinajstić information content (AvgIpc) is 4.07. The Kier molecular flexibility index (Phi) is 7.74. The summed E-state index contributed by atoms with van der Waals surface area (Å²) < 4.78 is 11.4. The van der Waals surface area contributed by atoms with Gasteiger partial charge in [0.2, 0.25) is 0 Å². The van der Waals surface area contributed by atoms with Crippen LogP contribution in [0.25, 0.3) is 99.2 Å². The van der Waals surface area contributed by atoms with E-state index in [0.717, 1.165) is 66.9 Å². The second kappa shape index (κ2) is 13.8. The van der Waals surface area contributed by atoms with E-state index in [-0.39, 0.29) is 11.6 Å². The highest BCUT2D eigenvalue weighted by atomic mass is 16.3. The molecule has 2 aliphatic rings. The molecule has 1 aliphatic heterocycles. The van der Waals surface area contributed by atoms with Crippen molar-refractivity contribution in [3.63, 3.8) is 0 Å². The first kappa shape index (κ1) is 37.0. The molecule has 0 amide bonds. The molecule has 4 heterocycles. The van der Waals surface area contributed by atoms with Crippen LogP contribution in [0.5, 0.6) is 0 Å². The molecule has 5 heteroatoms. The number of benzene rings is 9. The fraction of sp³-hybridized carbons (Fsp3) is 0.0656. The lowest BCUT2D eigenvalue weighted by Crippen LogP contribution is -2.34. The molecule has 66 heavy (non-hydrogen) atoms. The first-order chi connectivity index (χ1) is 32.5. The lowest BCUT2D eigenvalue weighted by atomic mass is 9.82. The summed E-state index contributed by atoms with van der Waals surface area (Å²) in [4.78, 5) is 5.21. The molecule has 0 fully saturated rings. The van der Waals surface area contributed by atoms with Gasteiger partial charge in [0.1, 0.15) is 23.2 Å². The molecule has 1 aliphatic carbocycles. The maximum atomic E-state index is 6.57. The van der Waals surface area contributed by atoms with Crippen LogP contribution < -0.4 is 5.32 Å². The van der Waals surface area contributed by atoms with Crippen LogP contribution in [0.4, 0.5) is 0 Å². The van der Waals surface area contributed by atoms with Crippen molar-refractivity contribution in [1.29, 1.82) is 0 Å². The molecule has 1 N–H and O–H groups in total. The third-order valence-corrected chi connectivity index (χ3v) is 14.3. The number of rotatable bonds is 5. The van der Waals surface area contributed by atoms with Crippen LogP contribution in [0.1, 0.15) is 42.3 Å². The molecule has 0 radical (unpaired) electrons. The minimum absolute atomic E-state index is 0.103. The molecule has 5 nitrogen and oxygen atoms in total. The zero-order valence-electron chi connectivity index (χ0n) is 36.5. The summed E-state index contributed by atoms with van der Waals surface area (Å²) in [6.45, 7) is 4.73. The molecular formula is C61H42N4O. The number of para-hydroxylation sites is 2. The van der Waals surface area contributed by atoms with E-state index in [4.69, 9.17) is 9.41 Å². The van der Waals surface area contributed by atoms with Gasteiger partial charge in [0.15, 0.2) is 0 Å². The van der Waals surface area contributed by atoms with E-state index in [2.05, 4.69) is 222 Å². The maximum absolute atomic E-state index is 6.57. The van der Waals surface area contributed by atoms with E-state index in [0.29, 0.717) is 0 Å². The highest BCUT2D eigenvalue weighted by Gasteiger charge is 2.36. The Morgan fingerprint density at radius 1 is 0.455 bits per heavy atom. The zero-order valence-corrected chi connectivity index (χ0v) is 36.5. The van der Waals surface area contributed by atoms with Crippen LogP contribution in [0.2, 0.25) is 0 Å². The van der Waals surface area contributed by atoms with Crippen molar-refractivity contribution < 1.29 is 4.42 Å². The number of aliphatic imine (C=N–C) groups is 1. The largest absolute Gasteiger partial charge is 0.456 e. The van der Waals surface area contributed by atoms with Crippen LogP contribution in [0.3, 0.4) is 0 Å². The third kappa shape index (κ3) is 5.37. The molecule has 1 atom stereocenters. The molecule has 12 aromatic rings. The SMILES string of the molecule is CC1(C)c2ccccc2-c2cc3c4cc(-c5ccc6c(c5)c5cc7c(cc5n6C5C=C(c6ccccc6)N=C(c6ccccc6)N5)oc5ccccc57)ccc4n(-c4ccccc4)c3cc21. The number of amidine groups is 1. The van der Waals surface area contributed by atoms with Crippen LogP contribution in [-0.2, 0) is 5.41 Å². The number of nitrogens with one attached hydrogen (secondary N) is 1. The van der Waals surface area contributed by atoms with Gasteiger partial charge in [-0.15, -0.1) is 0 Å². The standard InChI is InChI=1S/C61H42N4O/c1-61(2)50-24-14-12-22-42(50)44-32-47-45-30-39(26-28-53(45)64(55(47)34-51(44)61)41-20-10-5-11-21-41)40-27-29-54-46(31-40)48-33-49-43-23-13-15-25-57(43)66-58(49)36-56(48)65(54)59-35-52(37-16-6-3-7-17-37)62-60(63-59)38-18-8-4-9-19-38/h3-36,59H,1-2H3,(H,62,63). The van der Waals surface area contributed by atoms with Gasteiger partial charge in [0, 0.05) is 60.6 Å². The Morgan fingerprint density at radius 3 is 1.88 bits per heavy atom. The summed E-state index contributed by atoms with van der Waals surface area (Å²) >= 11 is 0. The second-order valence-electron chi connectivity index (χ2n) is 18.4. The summed E-state index contributed by atoms with van der Waals surface area (Å²) in [5.41, 5.74) is 18.2. The van der Waals surface area contributed by atoms with E-state index >= 15 is 0 Å². The van der Waals surface area contributed by atoms with Crippen LogP contribution >= 0.6 is 0 Å². The lowest BCUT2D eigenvalue weighted by molar-refractivity contribution is 0.600. The Labute approximate surface area is 381 Å². The lowest BCUT2D eigenvalue weighted by Gasteiger charge is -2.26. The summed E-state index contributed by atoms with van der Waals surface area (Å²) in [5, 5.41) is 10.9. The first-order valence-electron chi connectivity index (χ1n) is 22.8. The van der Waals surface area contributed by atoms with Crippen molar-refractivity contribution in [2.45, 2.75) is 25.4 Å². The van der Waals surface area contributed by atoms with Gasteiger partial charge in [0.25, 0.3) is 0 Å². The van der Waals surface area contributed by atoms with Gasteiger partial charge in [-0.3, -0.25) is 0 Å². The normalized spacial score (nSPS) is 15.4. The van der Waals surface area contributed by atoms with Gasteiger partial charge >= 0.3 is 0 Å². The molecule has 14 rings (SSSR count). The molecular weight excluding hydrogens is 805 g/mol. The van der Waals surface area contributed by atoms with E-state index in [1.54, 1.807) is 0 Å². The number of hydrogen-bond donors (Lipinski definition) is 1. The second-order valence-corrected chi connectivity index (χ2v) is 18.4. The molecule has 312 valence electrons. The average molecular weight is 847 g/mol. The van der Waals surface area contributed by atoms with E-state index in [9.17, 15) is 0 Å². The quantitative estimate of drug-likeness (QED) is 0.188. The fourth-order valence-corrected chi connectivity index (χ4v) is 11.2. The van der Waals surface area contributed by atoms with Crippen molar-refractivity contribution in [2.75, 3.05) is 0 Å². The van der Waals surface area contributed by atoms with Gasteiger partial charge < -0.3 is 18.9 Å². The summed E-state index contributed by atoms with van der Waals surface area (Å²) in [5.74, 6) is 0.832. The Morgan fingerprint density at radius 2 is 1.09 bits per heavy atom. The molecule has 0 saturated carbocycles. The van der Waals surface area contributed by atoms with Crippen molar-refractivity contribution in [1.82, 2.24) is 14.5 Å². The number of nitrogens with zero attached hydrogens (tertiary/aromatic N) is 3. The number of fused-ring (bicyclic) bond motifs is 12. The highest BCUT2D eigenvalue weighted by Crippen LogP contribution is 2.51. The molecule has 0 bridgehead atoms. The summed E-state index contributed by atoms with van der Waals surface area (Å²) in [7, 11) is 0. The third-order valence-electron chi connectivity index (χ3n) is 14.3. The Hall–Kier alpha value is -8.41. The molecule has 9 aromatic carbocycles. The van der Waals surface area contributed by atoms with Crippen LogP contribution in [0, 0.1) is 0 Å². The van der Waals surface area contributed by atoms with Gasteiger partial charge in [0.05, 0.1) is 27.8 Å². The number of hydrogen-bond acceptors (Lipinski definition) is 3. The topological polar surface area (TPSA) is 47.4 Å². The zero-order chi connectivity index (χ0) is 43.7. The molecule has 0 saturated heterocycles. The summed E-state index contributed by atoms with van der Waals surface area (Å²) in [6, 6.07) is 72.5. The van der Waals surface area contributed by atoms with Crippen molar-refractivity contribution in [3.05, 3.63) is 229 Å². The smallest absolute Gasteiger partial charge is 0.137 e. The van der Waals surface area contributed by atoms with Crippen LogP contribution in [-0.4, -0.2) is 15.0 Å². The van der Waals surface area contributed by atoms with E-state index < -0.39 is 0 Å². The minimum atomic E-state index is -0.252. The van der Waals surface area contributed by atoms with E-state index in [1.165, 1.54) is 60.4 Å². The highest BCUT2D eigenvalue weighted by molar-refractivity contribution is 6.18.